The fourth-order valence-corrected chi connectivity index (χ4v) is 2.10. The fourth-order valence-electron chi connectivity index (χ4n) is 2.10. The van der Waals surface area contributed by atoms with Crippen LogP contribution in [0.4, 0.5) is 11.4 Å². The number of rotatable bonds is 2. The van der Waals surface area contributed by atoms with Crippen LogP contribution in [0.2, 0.25) is 0 Å². The van der Waals surface area contributed by atoms with Gasteiger partial charge in [-0.25, -0.2) is 4.79 Å². The van der Waals surface area contributed by atoms with E-state index in [0.29, 0.717) is 12.2 Å². The van der Waals surface area contributed by atoms with Crippen molar-refractivity contribution in [1.82, 2.24) is 0 Å². The number of carbonyl (C=O) groups is 2. The molecule has 0 radical (unpaired) electrons. The van der Waals surface area contributed by atoms with Crippen molar-refractivity contribution >= 4 is 23.3 Å². The Balaban J connectivity index is 2.55. The second-order valence-electron chi connectivity index (χ2n) is 4.68. The molecule has 1 aromatic rings. The largest absolute Gasteiger partial charge is 0.478 e. The number of likely N-dealkylation sites (N-methyl/N-ethyl adjacent to an activating group) is 1. The van der Waals surface area contributed by atoms with Gasteiger partial charge >= 0.3 is 5.97 Å². The molecule has 1 aliphatic rings. The third-order valence-electron chi connectivity index (χ3n) is 3.20. The summed E-state index contributed by atoms with van der Waals surface area (Å²) in [6, 6.07) is 5.07. The summed E-state index contributed by atoms with van der Waals surface area (Å²) < 4.78 is 0. The number of hydrogen-bond donors (Lipinski definition) is 1. The zero-order valence-corrected chi connectivity index (χ0v) is 10.7. The molecule has 0 saturated carbocycles. The van der Waals surface area contributed by atoms with Crippen LogP contribution in [-0.4, -0.2) is 36.6 Å². The maximum Gasteiger partial charge on any atom is 0.335 e. The summed E-state index contributed by atoms with van der Waals surface area (Å²) >= 11 is 0. The molecule has 1 heterocycles. The van der Waals surface area contributed by atoms with E-state index in [9.17, 15) is 9.59 Å². The molecule has 1 N–H and O–H groups in total. The zero-order valence-electron chi connectivity index (χ0n) is 10.7. The third kappa shape index (κ3) is 1.92. The van der Waals surface area contributed by atoms with Crippen LogP contribution in [0.5, 0.6) is 0 Å². The van der Waals surface area contributed by atoms with Crippen molar-refractivity contribution in [1.29, 1.82) is 0 Å². The molecule has 18 heavy (non-hydrogen) atoms. The molecule has 0 saturated heterocycles. The van der Waals surface area contributed by atoms with E-state index in [1.807, 2.05) is 18.7 Å². The maximum atomic E-state index is 11.9. The van der Waals surface area contributed by atoms with Gasteiger partial charge in [0.25, 0.3) is 0 Å². The average molecular weight is 248 g/mol. The first-order valence-corrected chi connectivity index (χ1v) is 5.82. The second-order valence-corrected chi connectivity index (χ2v) is 4.68. The SMILES string of the molecule is CC(C)N1CC(=O)N(C)c2cc(C(=O)O)ccc21. The number of benzene rings is 1. The average Bonchev–Trinajstić information content (AvgIpc) is 2.32. The molecule has 0 atom stereocenters. The van der Waals surface area contributed by atoms with Gasteiger partial charge < -0.3 is 14.9 Å². The topological polar surface area (TPSA) is 60.9 Å². The number of carboxylic acids is 1. The Morgan fingerprint density at radius 1 is 1.33 bits per heavy atom. The van der Waals surface area contributed by atoms with Crippen LogP contribution in [-0.2, 0) is 4.79 Å². The van der Waals surface area contributed by atoms with E-state index >= 15 is 0 Å². The Morgan fingerprint density at radius 2 is 2.00 bits per heavy atom. The first kappa shape index (κ1) is 12.4. The van der Waals surface area contributed by atoms with E-state index < -0.39 is 5.97 Å². The van der Waals surface area contributed by atoms with Gasteiger partial charge in [0.15, 0.2) is 0 Å². The van der Waals surface area contributed by atoms with Gasteiger partial charge in [0.05, 0.1) is 23.5 Å². The molecular formula is C13H16N2O3. The van der Waals surface area contributed by atoms with Gasteiger partial charge in [0.1, 0.15) is 0 Å². The highest BCUT2D eigenvalue weighted by Gasteiger charge is 2.28. The third-order valence-corrected chi connectivity index (χ3v) is 3.20. The van der Waals surface area contributed by atoms with Crippen molar-refractivity contribution in [3.05, 3.63) is 23.8 Å². The summed E-state index contributed by atoms with van der Waals surface area (Å²) in [7, 11) is 1.67. The lowest BCUT2D eigenvalue weighted by molar-refractivity contribution is -0.117. The van der Waals surface area contributed by atoms with Gasteiger partial charge in [0.2, 0.25) is 5.91 Å². The van der Waals surface area contributed by atoms with Crippen LogP contribution in [0.1, 0.15) is 24.2 Å². The van der Waals surface area contributed by atoms with Crippen molar-refractivity contribution in [2.45, 2.75) is 19.9 Å². The first-order valence-electron chi connectivity index (χ1n) is 5.82. The summed E-state index contributed by atoms with van der Waals surface area (Å²) in [4.78, 5) is 26.4. The summed E-state index contributed by atoms with van der Waals surface area (Å²) in [5.41, 5.74) is 1.75. The molecule has 0 unspecified atom stereocenters. The fraction of sp³-hybridized carbons (Fsp3) is 0.385. The number of aromatic carboxylic acids is 1. The number of amides is 1. The Bertz CT molecular complexity index is 511. The number of hydrogen-bond acceptors (Lipinski definition) is 3. The lowest BCUT2D eigenvalue weighted by atomic mass is 10.1. The smallest absolute Gasteiger partial charge is 0.335 e. The van der Waals surface area contributed by atoms with Crippen molar-refractivity contribution < 1.29 is 14.7 Å². The number of fused-ring (bicyclic) bond motifs is 1. The first-order chi connectivity index (χ1) is 8.41. The molecule has 0 fully saturated rings. The van der Waals surface area contributed by atoms with Crippen molar-refractivity contribution in [2.24, 2.45) is 0 Å². The van der Waals surface area contributed by atoms with Gasteiger partial charge in [-0.05, 0) is 32.0 Å². The Morgan fingerprint density at radius 3 is 2.56 bits per heavy atom. The van der Waals surface area contributed by atoms with E-state index in [-0.39, 0.29) is 17.5 Å². The molecule has 0 aliphatic carbocycles. The number of carboxylic acid groups (broad SMARTS) is 1. The minimum absolute atomic E-state index is 0.0289. The molecule has 1 aliphatic heterocycles. The van der Waals surface area contributed by atoms with Crippen LogP contribution < -0.4 is 9.80 Å². The maximum absolute atomic E-state index is 11.9. The van der Waals surface area contributed by atoms with Gasteiger partial charge in [0, 0.05) is 13.1 Å². The van der Waals surface area contributed by atoms with E-state index in [1.54, 1.807) is 25.2 Å². The molecular weight excluding hydrogens is 232 g/mol. The van der Waals surface area contributed by atoms with Crippen LogP contribution in [0.3, 0.4) is 0 Å². The molecule has 0 bridgehead atoms. The van der Waals surface area contributed by atoms with E-state index in [2.05, 4.69) is 0 Å². The van der Waals surface area contributed by atoms with Crippen molar-refractivity contribution in [3.63, 3.8) is 0 Å². The van der Waals surface area contributed by atoms with Gasteiger partial charge in [-0.3, -0.25) is 4.79 Å². The molecule has 5 nitrogen and oxygen atoms in total. The predicted octanol–water partition coefficient (Wildman–Crippen LogP) is 1.58. The van der Waals surface area contributed by atoms with Gasteiger partial charge in [-0.1, -0.05) is 0 Å². The molecule has 2 rings (SSSR count). The minimum atomic E-state index is -0.986. The quantitative estimate of drug-likeness (QED) is 0.863. The molecule has 0 aromatic heterocycles. The summed E-state index contributed by atoms with van der Waals surface area (Å²) in [5, 5.41) is 9.00. The lowest BCUT2D eigenvalue weighted by Gasteiger charge is -2.38. The molecule has 96 valence electrons. The monoisotopic (exact) mass is 248 g/mol. The highest BCUT2D eigenvalue weighted by Crippen LogP contribution is 2.34. The van der Waals surface area contributed by atoms with Crippen molar-refractivity contribution in [3.8, 4) is 0 Å². The molecule has 0 spiro atoms. The Hall–Kier alpha value is -2.04. The van der Waals surface area contributed by atoms with E-state index in [4.69, 9.17) is 5.11 Å². The van der Waals surface area contributed by atoms with Gasteiger partial charge in [-0.2, -0.15) is 0 Å². The second kappa shape index (κ2) is 4.33. The number of carbonyl (C=O) groups excluding carboxylic acids is 1. The summed E-state index contributed by atoms with van der Waals surface area (Å²) in [5.74, 6) is -1.01. The highest BCUT2D eigenvalue weighted by molar-refractivity contribution is 6.04. The summed E-state index contributed by atoms with van der Waals surface area (Å²) in [6.07, 6.45) is 0. The van der Waals surface area contributed by atoms with E-state index in [0.717, 1.165) is 5.69 Å². The Labute approximate surface area is 106 Å². The van der Waals surface area contributed by atoms with E-state index in [1.165, 1.54) is 4.90 Å². The van der Waals surface area contributed by atoms with Crippen LogP contribution >= 0.6 is 0 Å². The van der Waals surface area contributed by atoms with Crippen LogP contribution in [0, 0.1) is 0 Å². The molecule has 5 heteroatoms. The predicted molar refractivity (Wildman–Crippen MR) is 69.3 cm³/mol. The zero-order chi connectivity index (χ0) is 13.4. The molecule has 1 amide bonds. The lowest BCUT2D eigenvalue weighted by Crippen LogP contribution is -2.46. The van der Waals surface area contributed by atoms with Crippen LogP contribution in [0.15, 0.2) is 18.2 Å². The molecule has 1 aromatic carbocycles. The standard InChI is InChI=1S/C13H16N2O3/c1-8(2)15-7-12(16)14(3)11-6-9(13(17)18)4-5-10(11)15/h4-6,8H,7H2,1-3H3,(H,17,18). The van der Waals surface area contributed by atoms with Gasteiger partial charge in [-0.15, -0.1) is 0 Å². The van der Waals surface area contributed by atoms with Crippen LogP contribution in [0.25, 0.3) is 0 Å². The number of anilines is 2. The number of nitrogens with zero attached hydrogens (tertiary/aromatic N) is 2. The summed E-state index contributed by atoms with van der Waals surface area (Å²) in [6.45, 7) is 4.34. The Kier molecular flexibility index (Phi) is 2.98. The highest BCUT2D eigenvalue weighted by atomic mass is 16.4. The normalized spacial score (nSPS) is 15.0. The van der Waals surface area contributed by atoms with Crippen molar-refractivity contribution in [2.75, 3.05) is 23.4 Å². The minimum Gasteiger partial charge on any atom is -0.478 e.